The molecule has 0 spiro atoms. The molecule has 0 saturated heterocycles. The number of nitrogens with one attached hydrogen (secondary N) is 1. The van der Waals surface area contributed by atoms with Gasteiger partial charge in [-0.3, -0.25) is 9.59 Å². The number of aryl methyl sites for hydroxylation is 1. The summed E-state index contributed by atoms with van der Waals surface area (Å²) < 4.78 is 2.12. The Hall–Kier alpha value is -3.22. The summed E-state index contributed by atoms with van der Waals surface area (Å²) in [4.78, 5) is 29.0. The number of nitrogens with zero attached hydrogens (tertiary/aromatic N) is 4. The first-order chi connectivity index (χ1) is 13.0. The third-order valence-corrected chi connectivity index (χ3v) is 4.81. The van der Waals surface area contributed by atoms with Gasteiger partial charge in [0.1, 0.15) is 5.82 Å². The maximum absolute atomic E-state index is 12.9. The standard InChI is InChI=1S/C20H21N5O2/c1-13-8-16(10-19(26)21-13)20(27)24-11-14(2)25-17(22-23-18(25)12-24)9-15-6-4-3-5-7-15/h3-8,10,14H,9,11-12H2,1-2H3,(H,21,26)/t14-/m0/s1. The monoisotopic (exact) mass is 363 g/mol. The molecule has 1 aromatic carbocycles. The maximum Gasteiger partial charge on any atom is 0.254 e. The quantitative estimate of drug-likeness (QED) is 0.772. The van der Waals surface area contributed by atoms with Gasteiger partial charge in [-0.25, -0.2) is 0 Å². The molecule has 0 radical (unpaired) electrons. The van der Waals surface area contributed by atoms with Crippen LogP contribution < -0.4 is 5.56 Å². The van der Waals surface area contributed by atoms with Crippen LogP contribution in [0.1, 0.15) is 46.2 Å². The Morgan fingerprint density at radius 1 is 1.22 bits per heavy atom. The van der Waals surface area contributed by atoms with Gasteiger partial charge in [-0.2, -0.15) is 0 Å². The largest absolute Gasteiger partial charge is 0.329 e. The molecule has 3 heterocycles. The zero-order chi connectivity index (χ0) is 19.0. The van der Waals surface area contributed by atoms with E-state index in [9.17, 15) is 9.59 Å². The van der Waals surface area contributed by atoms with E-state index in [1.807, 2.05) is 18.2 Å². The Labute approximate surface area is 156 Å². The average molecular weight is 363 g/mol. The van der Waals surface area contributed by atoms with Crippen molar-refractivity contribution in [3.05, 3.63) is 81.3 Å². The molecule has 1 aliphatic rings. The lowest BCUT2D eigenvalue weighted by Crippen LogP contribution is -2.41. The van der Waals surface area contributed by atoms with Crippen LogP contribution >= 0.6 is 0 Å². The van der Waals surface area contributed by atoms with Crippen molar-refractivity contribution in [2.75, 3.05) is 6.54 Å². The number of carbonyl (C=O) groups is 1. The molecule has 138 valence electrons. The van der Waals surface area contributed by atoms with Gasteiger partial charge in [0.15, 0.2) is 5.82 Å². The van der Waals surface area contributed by atoms with Gasteiger partial charge in [-0.05, 0) is 25.5 Å². The van der Waals surface area contributed by atoms with Crippen LogP contribution in [-0.2, 0) is 13.0 Å². The van der Waals surface area contributed by atoms with Crippen LogP contribution in [0.5, 0.6) is 0 Å². The van der Waals surface area contributed by atoms with Crippen molar-refractivity contribution < 1.29 is 4.79 Å². The number of pyridine rings is 1. The summed E-state index contributed by atoms with van der Waals surface area (Å²) in [5, 5.41) is 8.67. The molecular weight excluding hydrogens is 342 g/mol. The van der Waals surface area contributed by atoms with Crippen LogP contribution in [-0.4, -0.2) is 37.1 Å². The summed E-state index contributed by atoms with van der Waals surface area (Å²) >= 11 is 0. The molecule has 7 nitrogen and oxygen atoms in total. The third kappa shape index (κ3) is 3.40. The number of hydrogen-bond acceptors (Lipinski definition) is 4. The molecular formula is C20H21N5O2. The van der Waals surface area contributed by atoms with E-state index in [-0.39, 0.29) is 17.5 Å². The van der Waals surface area contributed by atoms with E-state index >= 15 is 0 Å². The van der Waals surface area contributed by atoms with Gasteiger partial charge in [0.25, 0.3) is 5.91 Å². The summed E-state index contributed by atoms with van der Waals surface area (Å²) in [5.41, 5.74) is 1.99. The molecule has 1 atom stereocenters. The molecule has 1 amide bonds. The summed E-state index contributed by atoms with van der Waals surface area (Å²) in [6.07, 6.45) is 0.708. The van der Waals surface area contributed by atoms with Crippen LogP contribution in [0.15, 0.2) is 47.3 Å². The first-order valence-corrected chi connectivity index (χ1v) is 8.98. The molecule has 0 unspecified atom stereocenters. The number of aromatic nitrogens is 4. The van der Waals surface area contributed by atoms with Gasteiger partial charge in [0.05, 0.1) is 12.6 Å². The highest BCUT2D eigenvalue weighted by molar-refractivity contribution is 5.94. The van der Waals surface area contributed by atoms with E-state index in [4.69, 9.17) is 0 Å². The van der Waals surface area contributed by atoms with E-state index < -0.39 is 0 Å². The number of fused-ring (bicyclic) bond motifs is 1. The third-order valence-electron chi connectivity index (χ3n) is 4.81. The lowest BCUT2D eigenvalue weighted by molar-refractivity contribution is 0.0679. The van der Waals surface area contributed by atoms with Crippen LogP contribution in [0, 0.1) is 6.92 Å². The predicted octanol–water partition coefficient (Wildman–Crippen LogP) is 2.08. The second-order valence-electron chi connectivity index (χ2n) is 7.02. The highest BCUT2D eigenvalue weighted by atomic mass is 16.2. The van der Waals surface area contributed by atoms with Crippen LogP contribution in [0.3, 0.4) is 0 Å². The zero-order valence-electron chi connectivity index (χ0n) is 15.3. The Bertz CT molecular complexity index is 1040. The number of H-pyrrole nitrogens is 1. The van der Waals surface area contributed by atoms with Crippen molar-refractivity contribution in [3.63, 3.8) is 0 Å². The fraction of sp³-hybridized carbons (Fsp3) is 0.300. The first-order valence-electron chi connectivity index (χ1n) is 8.98. The average Bonchev–Trinajstić information content (AvgIpc) is 3.04. The van der Waals surface area contributed by atoms with Crippen molar-refractivity contribution in [3.8, 4) is 0 Å². The fourth-order valence-electron chi connectivity index (χ4n) is 3.66. The fourth-order valence-corrected chi connectivity index (χ4v) is 3.66. The van der Waals surface area contributed by atoms with Gasteiger partial charge in [0, 0.05) is 30.3 Å². The molecule has 3 aromatic rings. The van der Waals surface area contributed by atoms with Crippen molar-refractivity contribution in [2.45, 2.75) is 32.9 Å². The zero-order valence-corrected chi connectivity index (χ0v) is 15.3. The smallest absolute Gasteiger partial charge is 0.254 e. The van der Waals surface area contributed by atoms with Crippen LogP contribution in [0.4, 0.5) is 0 Å². The SMILES string of the molecule is Cc1cc(C(=O)N2Cc3nnc(Cc4ccccc4)n3[C@@H](C)C2)cc(=O)[nH]1. The van der Waals surface area contributed by atoms with Crippen molar-refractivity contribution >= 4 is 5.91 Å². The molecule has 4 rings (SSSR count). The highest BCUT2D eigenvalue weighted by Crippen LogP contribution is 2.24. The molecule has 0 aliphatic carbocycles. The topological polar surface area (TPSA) is 83.9 Å². The minimum absolute atomic E-state index is 0.0644. The van der Waals surface area contributed by atoms with Gasteiger partial charge < -0.3 is 14.5 Å². The van der Waals surface area contributed by atoms with Crippen molar-refractivity contribution in [2.24, 2.45) is 0 Å². The van der Waals surface area contributed by atoms with Gasteiger partial charge in [0.2, 0.25) is 5.56 Å². The molecule has 0 saturated carbocycles. The van der Waals surface area contributed by atoms with Crippen LogP contribution in [0.2, 0.25) is 0 Å². The second kappa shape index (κ2) is 6.83. The molecule has 1 N–H and O–H groups in total. The Morgan fingerprint density at radius 3 is 2.74 bits per heavy atom. The van der Waals surface area contributed by atoms with Crippen molar-refractivity contribution in [1.82, 2.24) is 24.6 Å². The maximum atomic E-state index is 12.9. The molecule has 27 heavy (non-hydrogen) atoms. The van der Waals surface area contributed by atoms with E-state index in [2.05, 4.69) is 38.8 Å². The molecule has 1 aliphatic heterocycles. The van der Waals surface area contributed by atoms with Crippen molar-refractivity contribution in [1.29, 1.82) is 0 Å². The Kier molecular flexibility index (Phi) is 4.35. The number of amides is 1. The lowest BCUT2D eigenvalue weighted by Gasteiger charge is -2.32. The Balaban J connectivity index is 1.59. The number of carbonyl (C=O) groups excluding carboxylic acids is 1. The molecule has 0 fully saturated rings. The number of rotatable bonds is 3. The Morgan fingerprint density at radius 2 is 2.00 bits per heavy atom. The van der Waals surface area contributed by atoms with E-state index in [0.29, 0.717) is 30.8 Å². The summed E-state index contributed by atoms with van der Waals surface area (Å²) in [6.45, 7) is 4.77. The normalized spacial score (nSPS) is 16.2. The lowest BCUT2D eigenvalue weighted by atomic mass is 10.1. The predicted molar refractivity (Wildman–Crippen MR) is 101 cm³/mol. The summed E-state index contributed by atoms with van der Waals surface area (Å²) in [6, 6.07) is 13.3. The molecule has 0 bridgehead atoms. The van der Waals surface area contributed by atoms with Crippen LogP contribution in [0.25, 0.3) is 0 Å². The number of benzene rings is 1. The first kappa shape index (κ1) is 17.2. The molecule has 2 aromatic heterocycles. The van der Waals surface area contributed by atoms with Gasteiger partial charge in [-0.1, -0.05) is 30.3 Å². The van der Waals surface area contributed by atoms with E-state index in [0.717, 1.165) is 11.6 Å². The van der Waals surface area contributed by atoms with E-state index in [1.54, 1.807) is 17.9 Å². The van der Waals surface area contributed by atoms with E-state index in [1.165, 1.54) is 11.6 Å². The minimum atomic E-state index is -0.267. The number of aromatic amines is 1. The number of hydrogen-bond donors (Lipinski definition) is 1. The molecule has 7 heteroatoms. The second-order valence-corrected chi connectivity index (χ2v) is 7.02. The van der Waals surface area contributed by atoms with Gasteiger partial charge in [-0.15, -0.1) is 10.2 Å². The summed E-state index contributed by atoms with van der Waals surface area (Å²) in [7, 11) is 0. The summed E-state index contributed by atoms with van der Waals surface area (Å²) in [5.74, 6) is 1.52. The highest BCUT2D eigenvalue weighted by Gasteiger charge is 2.29. The minimum Gasteiger partial charge on any atom is -0.329 e. The van der Waals surface area contributed by atoms with Gasteiger partial charge >= 0.3 is 0 Å².